The molecule has 0 radical (unpaired) electrons. The number of hydrogen-bond donors (Lipinski definition) is 1. The number of anilines is 1. The maximum atomic E-state index is 12.0. The molecule has 0 aliphatic rings. The minimum atomic E-state index is -0.277. The number of ether oxygens (including phenoxy) is 1. The van der Waals surface area contributed by atoms with Crippen LogP contribution in [0.25, 0.3) is 0 Å². The van der Waals surface area contributed by atoms with Crippen LogP contribution in [0.1, 0.15) is 10.4 Å². The van der Waals surface area contributed by atoms with E-state index in [2.05, 4.69) is 26.2 Å². The molecule has 0 saturated heterocycles. The number of amides is 1. The summed E-state index contributed by atoms with van der Waals surface area (Å²) in [6.07, 6.45) is 1.48. The second kappa shape index (κ2) is 6.04. The molecule has 0 aliphatic heterocycles. The molecule has 1 amide bonds. The van der Waals surface area contributed by atoms with Gasteiger partial charge in [0.25, 0.3) is 5.91 Å². The molecular weight excluding hydrogens is 332 g/mol. The van der Waals surface area contributed by atoms with Gasteiger partial charge in [0.05, 0.1) is 18.4 Å². The SMILES string of the molecule is COc1ccc(Cl)cc1NC(=O)c1ccc(Br)nc1. The summed E-state index contributed by atoms with van der Waals surface area (Å²) >= 11 is 9.11. The van der Waals surface area contributed by atoms with E-state index in [9.17, 15) is 4.79 Å². The first-order valence-corrected chi connectivity index (χ1v) is 6.53. The first-order chi connectivity index (χ1) is 9.10. The summed E-state index contributed by atoms with van der Waals surface area (Å²) < 4.78 is 5.83. The molecule has 0 aliphatic carbocycles. The monoisotopic (exact) mass is 340 g/mol. The molecule has 0 unspecified atom stereocenters. The molecule has 1 aromatic carbocycles. The zero-order chi connectivity index (χ0) is 13.8. The average molecular weight is 342 g/mol. The lowest BCUT2D eigenvalue weighted by molar-refractivity contribution is 0.102. The highest BCUT2D eigenvalue weighted by Gasteiger charge is 2.10. The predicted octanol–water partition coefficient (Wildman–Crippen LogP) is 3.76. The molecule has 2 rings (SSSR count). The van der Waals surface area contributed by atoms with Crippen molar-refractivity contribution in [2.45, 2.75) is 0 Å². The largest absolute Gasteiger partial charge is 0.495 e. The fraction of sp³-hybridized carbons (Fsp3) is 0.0769. The highest BCUT2D eigenvalue weighted by Crippen LogP contribution is 2.28. The van der Waals surface area contributed by atoms with E-state index in [0.29, 0.717) is 26.6 Å². The minimum absolute atomic E-state index is 0.277. The molecule has 0 fully saturated rings. The number of carbonyl (C=O) groups excluding carboxylic acids is 1. The van der Waals surface area contributed by atoms with Gasteiger partial charge < -0.3 is 10.1 Å². The van der Waals surface area contributed by atoms with Crippen LogP contribution in [0.3, 0.4) is 0 Å². The van der Waals surface area contributed by atoms with Gasteiger partial charge in [-0.2, -0.15) is 0 Å². The molecule has 2 aromatic rings. The Hall–Kier alpha value is -1.59. The van der Waals surface area contributed by atoms with Crippen LogP contribution in [0.2, 0.25) is 5.02 Å². The summed E-state index contributed by atoms with van der Waals surface area (Å²) in [6, 6.07) is 8.38. The lowest BCUT2D eigenvalue weighted by Gasteiger charge is -2.10. The van der Waals surface area contributed by atoms with Crippen LogP contribution in [0.4, 0.5) is 5.69 Å². The number of benzene rings is 1. The number of pyridine rings is 1. The van der Waals surface area contributed by atoms with Gasteiger partial charge in [-0.1, -0.05) is 11.6 Å². The minimum Gasteiger partial charge on any atom is -0.495 e. The number of aromatic nitrogens is 1. The van der Waals surface area contributed by atoms with Crippen molar-refractivity contribution in [3.63, 3.8) is 0 Å². The lowest BCUT2D eigenvalue weighted by Crippen LogP contribution is -2.12. The second-order valence-corrected chi connectivity index (χ2v) is 4.92. The van der Waals surface area contributed by atoms with E-state index in [1.807, 2.05) is 0 Å². The first kappa shape index (κ1) is 13.8. The summed E-state index contributed by atoms with van der Waals surface area (Å²) in [5.74, 6) is 0.267. The Bertz CT molecular complexity index is 602. The Morgan fingerprint density at radius 1 is 1.37 bits per heavy atom. The van der Waals surface area contributed by atoms with E-state index in [1.54, 1.807) is 30.3 Å². The standard InChI is InChI=1S/C13H10BrClN2O2/c1-19-11-4-3-9(15)6-10(11)17-13(18)8-2-5-12(14)16-7-8/h2-7H,1H3,(H,17,18). The highest BCUT2D eigenvalue weighted by atomic mass is 79.9. The van der Waals surface area contributed by atoms with Gasteiger partial charge in [-0.05, 0) is 46.3 Å². The Kier molecular flexibility index (Phi) is 4.39. The number of nitrogens with zero attached hydrogens (tertiary/aromatic N) is 1. The van der Waals surface area contributed by atoms with Crippen molar-refractivity contribution >= 4 is 39.1 Å². The van der Waals surface area contributed by atoms with Gasteiger partial charge in [0, 0.05) is 11.2 Å². The molecule has 1 aromatic heterocycles. The van der Waals surface area contributed by atoms with Gasteiger partial charge in [-0.15, -0.1) is 0 Å². The Morgan fingerprint density at radius 3 is 2.79 bits per heavy atom. The van der Waals surface area contributed by atoms with Crippen molar-refractivity contribution in [2.24, 2.45) is 0 Å². The molecule has 0 spiro atoms. The smallest absolute Gasteiger partial charge is 0.257 e. The predicted molar refractivity (Wildman–Crippen MR) is 77.9 cm³/mol. The summed E-state index contributed by atoms with van der Waals surface area (Å²) in [5, 5.41) is 3.25. The van der Waals surface area contributed by atoms with E-state index in [1.165, 1.54) is 13.3 Å². The second-order valence-electron chi connectivity index (χ2n) is 3.67. The van der Waals surface area contributed by atoms with Crippen LogP contribution >= 0.6 is 27.5 Å². The number of carbonyl (C=O) groups is 1. The molecule has 0 bridgehead atoms. The van der Waals surface area contributed by atoms with E-state index in [0.717, 1.165) is 0 Å². The number of rotatable bonds is 3. The van der Waals surface area contributed by atoms with Crippen molar-refractivity contribution in [2.75, 3.05) is 12.4 Å². The normalized spacial score (nSPS) is 10.1. The maximum absolute atomic E-state index is 12.0. The summed E-state index contributed by atoms with van der Waals surface area (Å²) in [4.78, 5) is 16.0. The van der Waals surface area contributed by atoms with Crippen LogP contribution in [0.15, 0.2) is 41.1 Å². The Labute approximate surface area is 123 Å². The molecule has 4 nitrogen and oxygen atoms in total. The van der Waals surface area contributed by atoms with Crippen LogP contribution in [-0.4, -0.2) is 18.0 Å². The van der Waals surface area contributed by atoms with Crippen molar-refractivity contribution in [3.05, 3.63) is 51.7 Å². The lowest BCUT2D eigenvalue weighted by atomic mass is 10.2. The van der Waals surface area contributed by atoms with Crippen LogP contribution in [0.5, 0.6) is 5.75 Å². The van der Waals surface area contributed by atoms with Crippen molar-refractivity contribution in [3.8, 4) is 5.75 Å². The van der Waals surface area contributed by atoms with E-state index in [-0.39, 0.29) is 5.91 Å². The third kappa shape index (κ3) is 3.45. The fourth-order valence-corrected chi connectivity index (χ4v) is 1.89. The maximum Gasteiger partial charge on any atom is 0.257 e. The van der Waals surface area contributed by atoms with Crippen molar-refractivity contribution in [1.29, 1.82) is 0 Å². The third-order valence-corrected chi connectivity index (χ3v) is 3.10. The van der Waals surface area contributed by atoms with Crippen LogP contribution in [0, 0.1) is 0 Å². The van der Waals surface area contributed by atoms with Gasteiger partial charge in [0.15, 0.2) is 0 Å². The van der Waals surface area contributed by atoms with Gasteiger partial charge in [0.2, 0.25) is 0 Å². The van der Waals surface area contributed by atoms with E-state index >= 15 is 0 Å². The van der Waals surface area contributed by atoms with Gasteiger partial charge in [-0.3, -0.25) is 4.79 Å². The van der Waals surface area contributed by atoms with Crippen LogP contribution in [-0.2, 0) is 0 Å². The van der Waals surface area contributed by atoms with Crippen LogP contribution < -0.4 is 10.1 Å². The quantitative estimate of drug-likeness (QED) is 0.865. The third-order valence-electron chi connectivity index (χ3n) is 2.40. The number of halogens is 2. The molecule has 1 heterocycles. The van der Waals surface area contributed by atoms with Gasteiger partial charge >= 0.3 is 0 Å². The number of methoxy groups -OCH3 is 1. The fourth-order valence-electron chi connectivity index (χ4n) is 1.48. The highest BCUT2D eigenvalue weighted by molar-refractivity contribution is 9.10. The molecule has 0 atom stereocenters. The molecule has 98 valence electrons. The summed E-state index contributed by atoms with van der Waals surface area (Å²) in [7, 11) is 1.53. The Morgan fingerprint density at radius 2 is 2.16 bits per heavy atom. The molecule has 19 heavy (non-hydrogen) atoms. The van der Waals surface area contributed by atoms with E-state index in [4.69, 9.17) is 16.3 Å². The first-order valence-electron chi connectivity index (χ1n) is 5.36. The zero-order valence-corrected chi connectivity index (χ0v) is 12.3. The average Bonchev–Trinajstić information content (AvgIpc) is 2.39. The van der Waals surface area contributed by atoms with Crippen molar-refractivity contribution in [1.82, 2.24) is 4.98 Å². The summed E-state index contributed by atoms with van der Waals surface area (Å²) in [6.45, 7) is 0. The number of nitrogens with one attached hydrogen (secondary N) is 1. The summed E-state index contributed by atoms with van der Waals surface area (Å²) in [5.41, 5.74) is 0.966. The van der Waals surface area contributed by atoms with E-state index < -0.39 is 0 Å². The van der Waals surface area contributed by atoms with Crippen molar-refractivity contribution < 1.29 is 9.53 Å². The molecule has 0 saturated carbocycles. The Balaban J connectivity index is 2.23. The molecular formula is C13H10BrClN2O2. The number of hydrogen-bond acceptors (Lipinski definition) is 3. The topological polar surface area (TPSA) is 51.2 Å². The molecule has 6 heteroatoms. The zero-order valence-electron chi connectivity index (χ0n) is 9.98. The van der Waals surface area contributed by atoms with Gasteiger partial charge in [-0.25, -0.2) is 4.98 Å². The van der Waals surface area contributed by atoms with Gasteiger partial charge in [0.1, 0.15) is 10.4 Å². The molecule has 1 N–H and O–H groups in total.